The van der Waals surface area contributed by atoms with E-state index in [1.807, 2.05) is 6.92 Å². The lowest BCUT2D eigenvalue weighted by molar-refractivity contribution is -0.152. The van der Waals surface area contributed by atoms with Crippen LogP contribution in [0.15, 0.2) is 28.7 Å². The fourth-order valence-electron chi connectivity index (χ4n) is 1.92. The van der Waals surface area contributed by atoms with Crippen molar-refractivity contribution in [3.8, 4) is 0 Å². The van der Waals surface area contributed by atoms with Crippen LogP contribution >= 0.6 is 15.9 Å². The number of halogens is 1. The van der Waals surface area contributed by atoms with Crippen LogP contribution in [-0.2, 0) is 10.4 Å². The van der Waals surface area contributed by atoms with Crippen LogP contribution in [0.3, 0.4) is 0 Å². The molecule has 2 unspecified atom stereocenters. The second-order valence-corrected chi connectivity index (χ2v) is 5.25. The quantitative estimate of drug-likeness (QED) is 0.878. The molecule has 1 aromatic carbocycles. The van der Waals surface area contributed by atoms with Gasteiger partial charge in [-0.2, -0.15) is 0 Å². The Hall–Kier alpha value is -0.870. The van der Waals surface area contributed by atoms with Crippen molar-refractivity contribution < 1.29 is 15.0 Å². The first-order valence-electron chi connectivity index (χ1n) is 5.60. The number of hydrogen-bond donors (Lipinski definition) is 2. The largest absolute Gasteiger partial charge is 0.481 e. The molecule has 0 amide bonds. The number of carboxylic acids is 1. The van der Waals surface area contributed by atoms with E-state index in [0.717, 1.165) is 10.9 Å². The maximum atomic E-state index is 11.2. The fourth-order valence-corrected chi connectivity index (χ4v) is 2.19. The molecule has 0 fully saturated rings. The maximum absolute atomic E-state index is 11.2. The zero-order valence-corrected chi connectivity index (χ0v) is 11.6. The molecule has 0 spiro atoms. The highest BCUT2D eigenvalue weighted by atomic mass is 79.9. The number of benzene rings is 1. The summed E-state index contributed by atoms with van der Waals surface area (Å²) in [5.41, 5.74) is -0.718. The standard InChI is InChI=1S/C13H17BrO3/c1-3-4-11(12(15)16)13(2,17)9-5-7-10(14)8-6-9/h5-8,11,17H,3-4H2,1-2H3,(H,15,16). The predicted molar refractivity (Wildman–Crippen MR) is 69.7 cm³/mol. The van der Waals surface area contributed by atoms with E-state index in [2.05, 4.69) is 15.9 Å². The number of rotatable bonds is 5. The number of carboxylic acid groups (broad SMARTS) is 1. The molecule has 0 aliphatic heterocycles. The summed E-state index contributed by atoms with van der Waals surface area (Å²) in [7, 11) is 0. The number of carbonyl (C=O) groups is 1. The molecule has 1 rings (SSSR count). The first kappa shape index (κ1) is 14.2. The van der Waals surface area contributed by atoms with Crippen molar-refractivity contribution in [3.63, 3.8) is 0 Å². The summed E-state index contributed by atoms with van der Waals surface area (Å²) in [5, 5.41) is 19.6. The molecule has 0 saturated carbocycles. The van der Waals surface area contributed by atoms with Crippen molar-refractivity contribution in [3.05, 3.63) is 34.3 Å². The van der Waals surface area contributed by atoms with Gasteiger partial charge in [-0.3, -0.25) is 4.79 Å². The van der Waals surface area contributed by atoms with Crippen LogP contribution in [0.1, 0.15) is 32.3 Å². The van der Waals surface area contributed by atoms with Crippen LogP contribution < -0.4 is 0 Å². The minimum absolute atomic E-state index is 0.457. The molecule has 3 nitrogen and oxygen atoms in total. The van der Waals surface area contributed by atoms with Crippen LogP contribution in [0, 0.1) is 5.92 Å². The average Bonchev–Trinajstić information content (AvgIpc) is 2.25. The molecular formula is C13H17BrO3. The van der Waals surface area contributed by atoms with Crippen molar-refractivity contribution in [1.82, 2.24) is 0 Å². The monoisotopic (exact) mass is 300 g/mol. The molecule has 0 aromatic heterocycles. The van der Waals surface area contributed by atoms with Gasteiger partial charge in [0.15, 0.2) is 0 Å². The van der Waals surface area contributed by atoms with Gasteiger partial charge < -0.3 is 10.2 Å². The van der Waals surface area contributed by atoms with Gasteiger partial charge in [0.25, 0.3) is 0 Å². The highest BCUT2D eigenvalue weighted by molar-refractivity contribution is 9.10. The van der Waals surface area contributed by atoms with E-state index in [0.29, 0.717) is 12.0 Å². The average molecular weight is 301 g/mol. The van der Waals surface area contributed by atoms with Gasteiger partial charge in [0.2, 0.25) is 0 Å². The van der Waals surface area contributed by atoms with E-state index in [-0.39, 0.29) is 0 Å². The third-order valence-electron chi connectivity index (χ3n) is 2.98. The Morgan fingerprint density at radius 2 is 1.94 bits per heavy atom. The van der Waals surface area contributed by atoms with E-state index in [9.17, 15) is 15.0 Å². The minimum Gasteiger partial charge on any atom is -0.481 e. The van der Waals surface area contributed by atoms with Crippen LogP contribution in [0.5, 0.6) is 0 Å². The molecule has 1 aromatic rings. The van der Waals surface area contributed by atoms with E-state index < -0.39 is 17.5 Å². The van der Waals surface area contributed by atoms with Crippen LogP contribution in [0.4, 0.5) is 0 Å². The molecular weight excluding hydrogens is 284 g/mol. The Kier molecular flexibility index (Phi) is 4.71. The fraction of sp³-hybridized carbons (Fsp3) is 0.462. The lowest BCUT2D eigenvalue weighted by Gasteiger charge is -2.30. The summed E-state index contributed by atoms with van der Waals surface area (Å²) < 4.78 is 0.902. The predicted octanol–water partition coefficient (Wildman–Crippen LogP) is 3.16. The molecule has 0 heterocycles. The normalized spacial score (nSPS) is 16.2. The van der Waals surface area contributed by atoms with Gasteiger partial charge in [-0.1, -0.05) is 41.4 Å². The summed E-state index contributed by atoms with van der Waals surface area (Å²) in [6.07, 6.45) is 1.18. The zero-order valence-electron chi connectivity index (χ0n) is 9.98. The third-order valence-corrected chi connectivity index (χ3v) is 3.51. The molecule has 2 N–H and O–H groups in total. The highest BCUT2D eigenvalue weighted by Gasteiger charge is 2.38. The van der Waals surface area contributed by atoms with Crippen LogP contribution in [-0.4, -0.2) is 16.2 Å². The van der Waals surface area contributed by atoms with E-state index in [1.54, 1.807) is 31.2 Å². The van der Waals surface area contributed by atoms with E-state index in [1.165, 1.54) is 0 Å². The van der Waals surface area contributed by atoms with Gasteiger partial charge in [-0.05, 0) is 31.0 Å². The second kappa shape index (κ2) is 5.65. The lowest BCUT2D eigenvalue weighted by Crippen LogP contribution is -2.37. The highest BCUT2D eigenvalue weighted by Crippen LogP contribution is 2.33. The molecule has 4 heteroatoms. The summed E-state index contributed by atoms with van der Waals surface area (Å²) in [6.45, 7) is 3.47. The van der Waals surface area contributed by atoms with Crippen LogP contribution in [0.2, 0.25) is 0 Å². The minimum atomic E-state index is -1.34. The van der Waals surface area contributed by atoms with E-state index >= 15 is 0 Å². The molecule has 0 aliphatic rings. The Morgan fingerprint density at radius 3 is 2.35 bits per heavy atom. The van der Waals surface area contributed by atoms with Crippen molar-refractivity contribution in [2.75, 3.05) is 0 Å². The SMILES string of the molecule is CCCC(C(=O)O)C(C)(O)c1ccc(Br)cc1. The van der Waals surface area contributed by atoms with Gasteiger partial charge in [-0.25, -0.2) is 0 Å². The van der Waals surface area contributed by atoms with Crippen molar-refractivity contribution >= 4 is 21.9 Å². The second-order valence-electron chi connectivity index (χ2n) is 4.33. The molecule has 0 radical (unpaired) electrons. The van der Waals surface area contributed by atoms with Crippen molar-refractivity contribution in [2.24, 2.45) is 5.92 Å². The van der Waals surface area contributed by atoms with Gasteiger partial charge in [0, 0.05) is 4.47 Å². The Labute approximate surface area is 110 Å². The molecule has 0 bridgehead atoms. The third kappa shape index (κ3) is 3.30. The van der Waals surface area contributed by atoms with Crippen molar-refractivity contribution in [2.45, 2.75) is 32.3 Å². The maximum Gasteiger partial charge on any atom is 0.309 e. The first-order chi connectivity index (χ1) is 7.89. The Bertz CT molecular complexity index is 384. The number of aliphatic hydroxyl groups is 1. The van der Waals surface area contributed by atoms with Gasteiger partial charge >= 0.3 is 5.97 Å². The summed E-state index contributed by atoms with van der Waals surface area (Å²) in [5.74, 6) is -1.74. The molecule has 0 saturated heterocycles. The number of hydrogen-bond acceptors (Lipinski definition) is 2. The van der Waals surface area contributed by atoms with Gasteiger partial charge in [0.05, 0.1) is 5.92 Å². The lowest BCUT2D eigenvalue weighted by atomic mass is 9.80. The summed E-state index contributed by atoms with van der Waals surface area (Å²) >= 11 is 3.31. The molecule has 94 valence electrons. The Balaban J connectivity index is 3.06. The topological polar surface area (TPSA) is 57.5 Å². The number of aliphatic carboxylic acids is 1. The van der Waals surface area contributed by atoms with Gasteiger partial charge in [-0.15, -0.1) is 0 Å². The first-order valence-corrected chi connectivity index (χ1v) is 6.40. The van der Waals surface area contributed by atoms with Crippen LogP contribution in [0.25, 0.3) is 0 Å². The summed E-state index contributed by atoms with van der Waals surface area (Å²) in [6, 6.07) is 7.09. The van der Waals surface area contributed by atoms with E-state index in [4.69, 9.17) is 0 Å². The van der Waals surface area contributed by atoms with Crippen molar-refractivity contribution in [1.29, 1.82) is 0 Å². The Morgan fingerprint density at radius 1 is 1.41 bits per heavy atom. The molecule has 17 heavy (non-hydrogen) atoms. The molecule has 0 aliphatic carbocycles. The zero-order chi connectivity index (χ0) is 13.1. The van der Waals surface area contributed by atoms with Gasteiger partial charge in [0.1, 0.15) is 5.60 Å². The summed E-state index contributed by atoms with van der Waals surface area (Å²) in [4.78, 5) is 11.2. The molecule has 2 atom stereocenters. The smallest absolute Gasteiger partial charge is 0.309 e.